The molecule has 0 aromatic carbocycles. The number of piperidine rings is 1. The molecule has 0 unspecified atom stereocenters. The van der Waals surface area contributed by atoms with E-state index in [1.54, 1.807) is 0 Å². The van der Waals surface area contributed by atoms with Gasteiger partial charge in [0.05, 0.1) is 11.3 Å². The third-order valence-corrected chi connectivity index (χ3v) is 6.70. The normalized spacial score (nSPS) is 16.9. The van der Waals surface area contributed by atoms with Gasteiger partial charge in [-0.05, 0) is 25.8 Å². The van der Waals surface area contributed by atoms with Gasteiger partial charge < -0.3 is 18.8 Å². The number of rotatable bonds is 3. The maximum absolute atomic E-state index is 13.1. The van der Waals surface area contributed by atoms with E-state index >= 15 is 0 Å². The van der Waals surface area contributed by atoms with Crippen LogP contribution < -0.4 is 9.74 Å². The first-order chi connectivity index (χ1) is 14.6. The summed E-state index contributed by atoms with van der Waals surface area (Å²) in [4.78, 5) is 30.0. The molecule has 0 bridgehead atoms. The highest BCUT2D eigenvalue weighted by Gasteiger charge is 2.49. The molecule has 3 rings (SSSR count). The van der Waals surface area contributed by atoms with Crippen LogP contribution in [0, 0.1) is 6.92 Å². The lowest BCUT2D eigenvalue weighted by atomic mass is 9.84. The second kappa shape index (κ2) is 7.89. The zero-order chi connectivity index (χ0) is 24.2. The smallest absolute Gasteiger partial charge is 0.385 e. The first kappa shape index (κ1) is 24.3. The summed E-state index contributed by atoms with van der Waals surface area (Å²) in [5.74, 6) is -0.986. The van der Waals surface area contributed by atoms with E-state index in [9.17, 15) is 36.3 Å². The molecule has 1 aliphatic heterocycles. The number of aromatic nitrogens is 2. The predicted molar refractivity (Wildman–Crippen MR) is 108 cm³/mol. The van der Waals surface area contributed by atoms with Crippen LogP contribution in [0.2, 0.25) is 5.15 Å². The van der Waals surface area contributed by atoms with Gasteiger partial charge in [-0.15, -0.1) is 0 Å². The van der Waals surface area contributed by atoms with E-state index in [4.69, 9.17) is 11.6 Å². The minimum absolute atomic E-state index is 0.0377. The van der Waals surface area contributed by atoms with Gasteiger partial charge in [0, 0.05) is 38.0 Å². The summed E-state index contributed by atoms with van der Waals surface area (Å²) in [6.07, 6.45) is 0.0755. The van der Waals surface area contributed by atoms with Gasteiger partial charge in [0.1, 0.15) is 10.7 Å². The average molecular weight is 498 g/mol. The van der Waals surface area contributed by atoms with Crippen LogP contribution in [0.4, 0.5) is 13.2 Å². The standard InChI is InChI=1S/C18H19ClF3N3O6S/c1-9-14(31-32(29,30)18(20,21)22)13-11(15(19)23-9)8-12(16(27)24(13)3)17(28)4-6-25(7-5-17)10(2)26/h8,28H,4-7H2,1-3H3. The molecule has 0 spiro atoms. The number of fused-ring (bicyclic) bond motifs is 1. The third-order valence-electron chi connectivity index (χ3n) is 5.46. The minimum Gasteiger partial charge on any atom is -0.385 e. The molecule has 1 saturated heterocycles. The van der Waals surface area contributed by atoms with Crippen LogP contribution in [-0.4, -0.2) is 52.5 Å². The van der Waals surface area contributed by atoms with Crippen LogP contribution in [0.5, 0.6) is 5.75 Å². The van der Waals surface area contributed by atoms with E-state index in [0.29, 0.717) is 0 Å². The molecule has 0 saturated carbocycles. The quantitative estimate of drug-likeness (QED) is 0.391. The van der Waals surface area contributed by atoms with Gasteiger partial charge in [-0.3, -0.25) is 9.59 Å². The van der Waals surface area contributed by atoms with Gasteiger partial charge in [-0.2, -0.15) is 21.6 Å². The highest BCUT2D eigenvalue weighted by molar-refractivity contribution is 7.88. The zero-order valence-corrected chi connectivity index (χ0v) is 18.7. The van der Waals surface area contributed by atoms with Crippen LogP contribution >= 0.6 is 11.6 Å². The number of hydrogen-bond donors (Lipinski definition) is 1. The topological polar surface area (TPSA) is 119 Å². The fourth-order valence-electron chi connectivity index (χ4n) is 3.65. The van der Waals surface area contributed by atoms with Crippen LogP contribution in [0.25, 0.3) is 10.9 Å². The first-order valence-corrected chi connectivity index (χ1v) is 11.1. The number of amides is 1. The lowest BCUT2D eigenvalue weighted by Gasteiger charge is -2.38. The Kier molecular flexibility index (Phi) is 5.98. The van der Waals surface area contributed by atoms with Crippen LogP contribution in [0.3, 0.4) is 0 Å². The molecule has 14 heteroatoms. The molecular weight excluding hydrogens is 479 g/mol. The van der Waals surface area contributed by atoms with Crippen molar-refractivity contribution in [3.05, 3.63) is 32.8 Å². The summed E-state index contributed by atoms with van der Waals surface area (Å²) in [5, 5.41) is 10.8. The van der Waals surface area contributed by atoms with E-state index in [-0.39, 0.29) is 59.2 Å². The Morgan fingerprint density at radius 1 is 1.31 bits per heavy atom. The largest absolute Gasteiger partial charge is 0.534 e. The van der Waals surface area contributed by atoms with Gasteiger partial charge in [-0.1, -0.05) is 11.6 Å². The van der Waals surface area contributed by atoms with E-state index in [1.165, 1.54) is 31.9 Å². The Labute approximate surface area is 185 Å². The maximum atomic E-state index is 13.1. The van der Waals surface area contributed by atoms with Gasteiger partial charge in [0.15, 0.2) is 5.75 Å². The summed E-state index contributed by atoms with van der Waals surface area (Å²) in [7, 11) is -4.86. The van der Waals surface area contributed by atoms with Crippen molar-refractivity contribution >= 4 is 38.5 Å². The highest BCUT2D eigenvalue weighted by Crippen LogP contribution is 2.38. The van der Waals surface area contributed by atoms with Crippen molar-refractivity contribution in [1.29, 1.82) is 0 Å². The van der Waals surface area contributed by atoms with Gasteiger partial charge >= 0.3 is 15.6 Å². The van der Waals surface area contributed by atoms with Crippen molar-refractivity contribution < 1.29 is 35.7 Å². The van der Waals surface area contributed by atoms with Crippen molar-refractivity contribution in [2.75, 3.05) is 13.1 Å². The molecule has 0 radical (unpaired) electrons. The average Bonchev–Trinajstić information content (AvgIpc) is 2.66. The number of nitrogens with zero attached hydrogens (tertiary/aromatic N) is 3. The van der Waals surface area contributed by atoms with Crippen molar-refractivity contribution in [3.8, 4) is 5.75 Å². The lowest BCUT2D eigenvalue weighted by Crippen LogP contribution is -2.47. The SMILES string of the molecule is CC(=O)N1CCC(O)(c2cc3c(Cl)nc(C)c(OS(=O)(=O)C(F)(F)F)c3n(C)c2=O)CC1. The fourth-order valence-corrected chi connectivity index (χ4v) is 4.43. The number of alkyl halides is 3. The van der Waals surface area contributed by atoms with Crippen LogP contribution in [0.15, 0.2) is 10.9 Å². The van der Waals surface area contributed by atoms with Crippen LogP contribution in [-0.2, 0) is 27.6 Å². The fraction of sp³-hybridized carbons (Fsp3) is 0.500. The maximum Gasteiger partial charge on any atom is 0.534 e. The Balaban J connectivity index is 2.22. The summed E-state index contributed by atoms with van der Waals surface area (Å²) in [5.41, 5.74) is -8.84. The highest BCUT2D eigenvalue weighted by atomic mass is 35.5. The second-order valence-corrected chi connectivity index (χ2v) is 9.42. The molecule has 2 aromatic rings. The molecule has 176 valence electrons. The van der Waals surface area contributed by atoms with Crippen molar-refractivity contribution in [1.82, 2.24) is 14.5 Å². The molecule has 2 aromatic heterocycles. The number of halogens is 4. The molecule has 1 fully saturated rings. The Morgan fingerprint density at radius 2 is 1.88 bits per heavy atom. The molecule has 1 amide bonds. The Hall–Kier alpha value is -2.38. The number of carbonyl (C=O) groups excluding carboxylic acids is 1. The van der Waals surface area contributed by atoms with Gasteiger partial charge in [0.2, 0.25) is 5.91 Å². The molecule has 1 aliphatic rings. The van der Waals surface area contributed by atoms with E-state index in [1.807, 2.05) is 0 Å². The van der Waals surface area contributed by atoms with E-state index in [0.717, 1.165) is 4.57 Å². The molecule has 1 N–H and O–H groups in total. The van der Waals surface area contributed by atoms with Crippen LogP contribution in [0.1, 0.15) is 31.0 Å². The van der Waals surface area contributed by atoms with Crippen molar-refractivity contribution in [2.45, 2.75) is 37.8 Å². The summed E-state index contributed by atoms with van der Waals surface area (Å²) < 4.78 is 66.9. The number of hydrogen-bond acceptors (Lipinski definition) is 7. The summed E-state index contributed by atoms with van der Waals surface area (Å²) in [6, 6.07) is 1.17. The molecule has 0 atom stereocenters. The summed E-state index contributed by atoms with van der Waals surface area (Å²) >= 11 is 6.15. The number of carbonyl (C=O) groups is 1. The molecule has 3 heterocycles. The van der Waals surface area contributed by atoms with Gasteiger partial charge in [0.25, 0.3) is 5.56 Å². The van der Waals surface area contributed by atoms with Crippen molar-refractivity contribution in [2.24, 2.45) is 7.05 Å². The third kappa shape index (κ3) is 4.04. The second-order valence-electron chi connectivity index (χ2n) is 7.52. The Morgan fingerprint density at radius 3 is 2.38 bits per heavy atom. The monoisotopic (exact) mass is 497 g/mol. The zero-order valence-electron chi connectivity index (χ0n) is 17.2. The summed E-state index contributed by atoms with van der Waals surface area (Å²) in [6.45, 7) is 2.93. The van der Waals surface area contributed by atoms with E-state index < -0.39 is 32.5 Å². The number of likely N-dealkylation sites (tertiary alicyclic amines) is 1. The number of pyridine rings is 2. The molecule has 0 aliphatic carbocycles. The lowest BCUT2D eigenvalue weighted by molar-refractivity contribution is -0.133. The Bertz CT molecular complexity index is 1270. The number of aliphatic hydroxyl groups is 1. The predicted octanol–water partition coefficient (Wildman–Crippen LogP) is 1.95. The van der Waals surface area contributed by atoms with Gasteiger partial charge in [-0.25, -0.2) is 4.98 Å². The number of aryl methyl sites for hydroxylation is 2. The van der Waals surface area contributed by atoms with Crippen molar-refractivity contribution in [3.63, 3.8) is 0 Å². The van der Waals surface area contributed by atoms with E-state index in [2.05, 4.69) is 9.17 Å². The first-order valence-electron chi connectivity index (χ1n) is 9.28. The molecule has 32 heavy (non-hydrogen) atoms. The molecular formula is C18H19ClF3N3O6S. The molecule has 9 nitrogen and oxygen atoms in total. The minimum atomic E-state index is -6.05.